The van der Waals surface area contributed by atoms with E-state index in [0.717, 1.165) is 45.9 Å². The van der Waals surface area contributed by atoms with Gasteiger partial charge in [-0.3, -0.25) is 0 Å². The van der Waals surface area contributed by atoms with E-state index in [1.54, 1.807) is 11.1 Å². The molecule has 8 aliphatic rings. The summed E-state index contributed by atoms with van der Waals surface area (Å²) in [5.74, 6) is 14.6. The highest BCUT2D eigenvalue weighted by Gasteiger charge is 2.60. The van der Waals surface area contributed by atoms with Gasteiger partial charge in [-0.2, -0.15) is 0 Å². The Bertz CT molecular complexity index is 2160. The molecule has 8 bridgehead atoms. The van der Waals surface area contributed by atoms with Gasteiger partial charge in [0.1, 0.15) is 0 Å². The Kier molecular flexibility index (Phi) is 7.36. The molecular formula is C54H50. The first kappa shape index (κ1) is 33.7. The average Bonchev–Trinajstić information content (AvgIpc) is 3.16. The van der Waals surface area contributed by atoms with Crippen molar-refractivity contribution < 1.29 is 0 Å². The Balaban J connectivity index is 1.04. The first-order chi connectivity index (χ1) is 26.1. The molecule has 0 nitrogen and oxygen atoms in total. The normalized spacial score (nSPS) is 33.8. The molecule has 0 heterocycles. The molecule has 8 aliphatic carbocycles. The van der Waals surface area contributed by atoms with Gasteiger partial charge in [0, 0.05) is 22.3 Å². The van der Waals surface area contributed by atoms with Crippen molar-refractivity contribution in [1.29, 1.82) is 0 Å². The van der Waals surface area contributed by atoms with Gasteiger partial charge in [-0.25, -0.2) is 0 Å². The molecule has 12 rings (SSSR count). The van der Waals surface area contributed by atoms with Crippen LogP contribution in [-0.4, -0.2) is 0 Å². The van der Waals surface area contributed by atoms with E-state index in [1.165, 1.54) is 110 Å². The van der Waals surface area contributed by atoms with Gasteiger partial charge in [0.15, 0.2) is 0 Å². The summed E-state index contributed by atoms with van der Waals surface area (Å²) in [5, 5.41) is 0. The molecule has 4 unspecified atom stereocenters. The van der Waals surface area contributed by atoms with Crippen LogP contribution in [0.2, 0.25) is 0 Å². The van der Waals surface area contributed by atoms with E-state index in [9.17, 15) is 0 Å². The van der Waals surface area contributed by atoms with Gasteiger partial charge in [0.2, 0.25) is 0 Å². The smallest absolute Gasteiger partial charge is 0.0257 e. The number of benzene rings is 4. The highest BCUT2D eigenvalue weighted by Crippen LogP contribution is 2.68. The van der Waals surface area contributed by atoms with Crippen LogP contribution in [0.25, 0.3) is 11.1 Å². The lowest BCUT2D eigenvalue weighted by atomic mass is 9.41. The Morgan fingerprint density at radius 1 is 0.407 bits per heavy atom. The van der Waals surface area contributed by atoms with Crippen LogP contribution in [0.3, 0.4) is 0 Å². The lowest BCUT2D eigenvalue weighted by Crippen LogP contribution is -2.56. The highest BCUT2D eigenvalue weighted by molar-refractivity contribution is 5.73. The molecule has 0 radical (unpaired) electrons. The van der Waals surface area contributed by atoms with Crippen LogP contribution in [0.4, 0.5) is 0 Å². The van der Waals surface area contributed by atoms with Crippen molar-refractivity contribution in [2.45, 2.75) is 113 Å². The zero-order chi connectivity index (χ0) is 37.0. The summed E-state index contributed by atoms with van der Waals surface area (Å²) < 4.78 is 0. The fraction of sp³-hybridized carbons (Fsp3) is 0.407. The van der Waals surface area contributed by atoms with Gasteiger partial charge in [0.05, 0.1) is 0 Å². The lowest BCUT2D eigenvalue weighted by molar-refractivity contribution is -0.0283. The van der Waals surface area contributed by atoms with E-state index in [4.69, 9.17) is 25.7 Å². The maximum Gasteiger partial charge on any atom is 0.0257 e. The van der Waals surface area contributed by atoms with Crippen molar-refractivity contribution in [3.8, 4) is 60.5 Å². The molecule has 8 fully saturated rings. The second kappa shape index (κ2) is 11.8. The van der Waals surface area contributed by atoms with Crippen molar-refractivity contribution in [3.63, 3.8) is 0 Å². The number of hydrogen-bond donors (Lipinski definition) is 0. The average molecular weight is 699 g/mol. The van der Waals surface area contributed by atoms with Crippen LogP contribution in [0.5, 0.6) is 0 Å². The van der Waals surface area contributed by atoms with Crippen LogP contribution < -0.4 is 0 Å². The molecule has 0 aliphatic heterocycles. The molecule has 0 saturated heterocycles. The minimum absolute atomic E-state index is 0.138. The highest BCUT2D eigenvalue weighted by atomic mass is 14.6. The predicted octanol–water partition coefficient (Wildman–Crippen LogP) is 11.5. The van der Waals surface area contributed by atoms with Crippen molar-refractivity contribution in [1.82, 2.24) is 0 Å². The number of rotatable bonds is 5. The first-order valence-electron chi connectivity index (χ1n) is 20.5. The Morgan fingerprint density at radius 3 is 1.00 bits per heavy atom. The second-order valence-corrected chi connectivity index (χ2v) is 19.3. The molecule has 54 heavy (non-hydrogen) atoms. The molecule has 266 valence electrons. The lowest BCUT2D eigenvalue weighted by Gasteiger charge is -2.63. The van der Waals surface area contributed by atoms with Crippen molar-refractivity contribution in [2.24, 2.45) is 23.7 Å². The zero-order valence-electron chi connectivity index (χ0n) is 32.0. The van der Waals surface area contributed by atoms with Crippen LogP contribution in [-0.2, 0) is 21.7 Å². The van der Waals surface area contributed by atoms with E-state index in [2.05, 4.69) is 98.2 Å². The maximum atomic E-state index is 5.97. The zero-order valence-corrected chi connectivity index (χ0v) is 32.0. The summed E-state index contributed by atoms with van der Waals surface area (Å²) in [6, 6.07) is 28.2. The van der Waals surface area contributed by atoms with Gasteiger partial charge < -0.3 is 0 Å². The fourth-order valence-corrected chi connectivity index (χ4v) is 14.6. The quantitative estimate of drug-likeness (QED) is 0.182. The van der Waals surface area contributed by atoms with Crippen LogP contribution >= 0.6 is 0 Å². The summed E-state index contributed by atoms with van der Waals surface area (Å²) >= 11 is 0. The molecule has 4 aromatic rings. The number of hydrogen-bond acceptors (Lipinski definition) is 0. The van der Waals surface area contributed by atoms with Crippen molar-refractivity contribution in [2.75, 3.05) is 0 Å². The molecule has 0 N–H and O–H groups in total. The molecule has 8 saturated carbocycles. The predicted molar refractivity (Wildman–Crippen MR) is 222 cm³/mol. The SMILES string of the molecule is C#Cc1cc(C#C)cc(C23CC4CC(C2)CC(c2ccc(C)c(-c5cc(C67CC8CC(CC(c9cc(C#C)cc(C#C)c9)(C8)C6)C7)ccc5C)c2)(C4)C3)c1. The first-order valence-corrected chi connectivity index (χ1v) is 20.5. The summed E-state index contributed by atoms with van der Waals surface area (Å²) in [6.45, 7) is 4.64. The summed E-state index contributed by atoms with van der Waals surface area (Å²) in [4.78, 5) is 0. The maximum absolute atomic E-state index is 5.97. The van der Waals surface area contributed by atoms with Gasteiger partial charge in [-0.05, 0) is 217 Å². The standard InChI is InChI=1S/C54H50/c1-7-37-15-38(8-2)20-47(19-37)53-29-41-17-42(30-53)26-51(25-41,33-53)45-13-11-35(5)49(23-45)50-24-46(14-12-36(50)6)52-27-43-18-44(28-52)32-54(31-43,34-52)48-21-39(9-3)16-40(10-4)22-48/h1-4,11-16,19-24,41-44H,17-18,25-34H2,5-6H3. The van der Waals surface area contributed by atoms with E-state index < -0.39 is 0 Å². The van der Waals surface area contributed by atoms with Gasteiger partial charge in [-0.15, -0.1) is 25.7 Å². The van der Waals surface area contributed by atoms with Crippen molar-refractivity contribution >= 4 is 0 Å². The molecule has 0 spiro atoms. The summed E-state index contributed by atoms with van der Waals surface area (Å²) in [7, 11) is 0. The van der Waals surface area contributed by atoms with Crippen LogP contribution in [0.15, 0.2) is 72.8 Å². The third-order valence-corrected chi connectivity index (χ3v) is 15.9. The fourth-order valence-electron chi connectivity index (χ4n) is 14.6. The van der Waals surface area contributed by atoms with Crippen LogP contribution in [0, 0.1) is 86.9 Å². The Hall–Kier alpha value is -4.88. The van der Waals surface area contributed by atoms with Crippen molar-refractivity contribution in [3.05, 3.63) is 128 Å². The van der Waals surface area contributed by atoms with Gasteiger partial charge in [-0.1, -0.05) is 60.1 Å². The molecule has 4 aromatic carbocycles. The minimum atomic E-state index is 0.138. The Morgan fingerprint density at radius 2 is 0.704 bits per heavy atom. The van der Waals surface area contributed by atoms with E-state index in [1.807, 2.05) is 12.1 Å². The van der Waals surface area contributed by atoms with Gasteiger partial charge >= 0.3 is 0 Å². The monoisotopic (exact) mass is 698 g/mol. The number of terminal acetylenes is 4. The molecule has 4 atom stereocenters. The largest absolute Gasteiger partial charge is 0.115 e. The van der Waals surface area contributed by atoms with Crippen LogP contribution in [0.1, 0.15) is 133 Å². The molecule has 0 heteroatoms. The summed E-state index contributed by atoms with van der Waals surface area (Å²) in [5.41, 5.74) is 15.7. The Labute approximate surface area is 324 Å². The molecule has 0 aromatic heterocycles. The molecular weight excluding hydrogens is 649 g/mol. The topological polar surface area (TPSA) is 0 Å². The second-order valence-electron chi connectivity index (χ2n) is 19.3. The van der Waals surface area contributed by atoms with E-state index >= 15 is 0 Å². The number of aryl methyl sites for hydroxylation is 2. The van der Waals surface area contributed by atoms with Gasteiger partial charge in [0.25, 0.3) is 0 Å². The minimum Gasteiger partial charge on any atom is -0.115 e. The summed E-state index contributed by atoms with van der Waals surface area (Å²) in [6.07, 6.45) is 39.1. The third-order valence-electron chi connectivity index (χ3n) is 15.9. The third kappa shape index (κ3) is 5.03. The van der Waals surface area contributed by atoms with E-state index in [0.29, 0.717) is 0 Å². The van der Waals surface area contributed by atoms with E-state index in [-0.39, 0.29) is 21.7 Å². The molecule has 0 amide bonds.